The van der Waals surface area contributed by atoms with Crippen LogP contribution in [-0.4, -0.2) is 44.3 Å². The Kier molecular flexibility index (Phi) is 5.75. The number of amides is 1. The van der Waals surface area contributed by atoms with Crippen LogP contribution in [0.15, 0.2) is 66.5 Å². The molecular formula is C21H22N8O3. The molecule has 0 saturated carbocycles. The van der Waals surface area contributed by atoms with Gasteiger partial charge in [0.05, 0.1) is 18.0 Å². The molecule has 0 bridgehead atoms. The lowest BCUT2D eigenvalue weighted by Gasteiger charge is -2.26. The van der Waals surface area contributed by atoms with Gasteiger partial charge in [-0.1, -0.05) is 0 Å². The second kappa shape index (κ2) is 8.80. The molecule has 0 radical (unpaired) electrons. The molecule has 0 atom stereocenters. The summed E-state index contributed by atoms with van der Waals surface area (Å²) in [5.41, 5.74) is 3.71. The third-order valence-corrected chi connectivity index (χ3v) is 4.53. The molecule has 1 amide bonds. The number of hydrogen-bond donors (Lipinski definition) is 3. The van der Waals surface area contributed by atoms with Crippen molar-refractivity contribution >= 4 is 29.1 Å². The Hall–Kier alpha value is -4.34. The second-order valence-electron chi connectivity index (χ2n) is 7.07. The highest BCUT2D eigenvalue weighted by Gasteiger charge is 2.21. The third kappa shape index (κ3) is 3.97. The number of nitrogens with zero attached hydrogens (tertiary/aromatic N) is 5. The van der Waals surface area contributed by atoms with E-state index in [2.05, 4.69) is 26.2 Å². The molecule has 0 unspecified atom stereocenters. The minimum Gasteiger partial charge on any atom is -0.373 e. The minimum atomic E-state index is -0.465. The first-order valence-corrected chi connectivity index (χ1v) is 9.87. The van der Waals surface area contributed by atoms with E-state index in [1.54, 1.807) is 55.0 Å². The summed E-state index contributed by atoms with van der Waals surface area (Å²) in [5, 5.41) is 12.1. The van der Waals surface area contributed by atoms with Gasteiger partial charge >= 0.3 is 0 Å². The van der Waals surface area contributed by atoms with E-state index in [9.17, 15) is 9.59 Å². The predicted octanol–water partition coefficient (Wildman–Crippen LogP) is 1.82. The van der Waals surface area contributed by atoms with Crippen LogP contribution in [0.4, 0.5) is 11.6 Å². The summed E-state index contributed by atoms with van der Waals surface area (Å²) in [5.74, 6) is 2.51. The van der Waals surface area contributed by atoms with Gasteiger partial charge in [0.2, 0.25) is 0 Å². The normalized spacial score (nSPS) is 13.3. The number of hydrogen-bond acceptors (Lipinski definition) is 8. The highest BCUT2D eigenvalue weighted by molar-refractivity contribution is 5.99. The molecule has 0 saturated heterocycles. The molecule has 0 aliphatic carbocycles. The van der Waals surface area contributed by atoms with E-state index in [0.29, 0.717) is 23.0 Å². The Balaban J connectivity index is 1.68. The standard InChI is InChI=1S/C21H22N8O3/c1-14(2)32-26-21(31)15-12-23-29-19(22-3)11-18(25-20(15)29)24-16-7-6-10-28(17(16)13-30)27-8-4-5-9-27/h4-12,14,22H,1-3H3,(H,24,25)(H,26,31). The van der Waals surface area contributed by atoms with Gasteiger partial charge in [-0.05, 0) is 38.1 Å². The summed E-state index contributed by atoms with van der Waals surface area (Å²) < 4.78 is 3.25. The zero-order valence-corrected chi connectivity index (χ0v) is 17.7. The maximum absolute atomic E-state index is 12.5. The zero-order chi connectivity index (χ0) is 22.7. The monoisotopic (exact) mass is 434 g/mol. The van der Waals surface area contributed by atoms with E-state index >= 15 is 0 Å². The van der Waals surface area contributed by atoms with Gasteiger partial charge in [0.25, 0.3) is 5.91 Å². The van der Waals surface area contributed by atoms with Crippen LogP contribution in [0, 0.1) is 0 Å². The van der Waals surface area contributed by atoms with Crippen molar-refractivity contribution in [3.63, 3.8) is 0 Å². The van der Waals surface area contributed by atoms with Gasteiger partial charge in [-0.3, -0.25) is 14.3 Å². The highest BCUT2D eigenvalue weighted by atomic mass is 16.7. The van der Waals surface area contributed by atoms with Crippen LogP contribution >= 0.6 is 0 Å². The van der Waals surface area contributed by atoms with Crippen molar-refractivity contribution in [2.45, 2.75) is 20.0 Å². The molecule has 4 rings (SSSR count). The van der Waals surface area contributed by atoms with E-state index in [1.807, 2.05) is 30.5 Å². The van der Waals surface area contributed by atoms with Gasteiger partial charge in [0.15, 0.2) is 17.3 Å². The molecule has 1 aliphatic heterocycles. The summed E-state index contributed by atoms with van der Waals surface area (Å²) in [6.45, 7) is 3.61. The van der Waals surface area contributed by atoms with Crippen molar-refractivity contribution < 1.29 is 14.4 Å². The average molecular weight is 434 g/mol. The molecule has 32 heavy (non-hydrogen) atoms. The van der Waals surface area contributed by atoms with Crippen LogP contribution < -0.4 is 21.1 Å². The SMILES string of the molecule is CNc1cc(NC2=CC=CN(n3cccc3)C2=C=O)nc2c(C(=O)NOC(C)C)cnn12. The Morgan fingerprint density at radius 3 is 2.72 bits per heavy atom. The summed E-state index contributed by atoms with van der Waals surface area (Å²) in [6.07, 6.45) is 10.1. The molecule has 0 spiro atoms. The molecule has 164 valence electrons. The summed E-state index contributed by atoms with van der Waals surface area (Å²) in [4.78, 5) is 34.1. The van der Waals surface area contributed by atoms with E-state index in [4.69, 9.17) is 4.84 Å². The second-order valence-corrected chi connectivity index (χ2v) is 7.07. The number of carbonyl (C=O) groups is 1. The topological polar surface area (TPSA) is 118 Å². The molecular weight excluding hydrogens is 412 g/mol. The molecule has 0 aromatic carbocycles. The molecule has 3 aromatic heterocycles. The van der Waals surface area contributed by atoms with Crippen molar-refractivity contribution in [1.82, 2.24) is 24.8 Å². The molecule has 4 heterocycles. The summed E-state index contributed by atoms with van der Waals surface area (Å²) in [7, 11) is 1.73. The van der Waals surface area contributed by atoms with Gasteiger partial charge in [-0.2, -0.15) is 9.61 Å². The van der Waals surface area contributed by atoms with Crippen LogP contribution in [0.2, 0.25) is 0 Å². The van der Waals surface area contributed by atoms with E-state index < -0.39 is 5.91 Å². The lowest BCUT2D eigenvalue weighted by atomic mass is 10.2. The number of carbonyl (C=O) groups excluding carboxylic acids is 2. The van der Waals surface area contributed by atoms with Crippen LogP contribution in [0.1, 0.15) is 24.2 Å². The van der Waals surface area contributed by atoms with E-state index in [-0.39, 0.29) is 17.4 Å². The fraction of sp³-hybridized carbons (Fsp3) is 0.190. The number of allylic oxidation sites excluding steroid dienone is 2. The number of fused-ring (bicyclic) bond motifs is 1. The quantitative estimate of drug-likeness (QED) is 0.381. The van der Waals surface area contributed by atoms with Gasteiger partial charge in [-0.25, -0.2) is 20.3 Å². The van der Waals surface area contributed by atoms with Gasteiger partial charge in [-0.15, -0.1) is 0 Å². The van der Waals surface area contributed by atoms with Crippen LogP contribution in [0.25, 0.3) is 5.65 Å². The van der Waals surface area contributed by atoms with Crippen LogP contribution in [0.5, 0.6) is 0 Å². The Bertz CT molecular complexity index is 1250. The Labute approximate surface area is 183 Å². The molecule has 11 nitrogen and oxygen atoms in total. The summed E-state index contributed by atoms with van der Waals surface area (Å²) in [6, 6.07) is 5.42. The lowest BCUT2D eigenvalue weighted by Crippen LogP contribution is -2.31. The molecule has 3 N–H and O–H groups in total. The first-order chi connectivity index (χ1) is 15.5. The van der Waals surface area contributed by atoms with Crippen LogP contribution in [0.3, 0.4) is 0 Å². The largest absolute Gasteiger partial charge is 0.373 e. The maximum atomic E-state index is 12.5. The lowest BCUT2D eigenvalue weighted by molar-refractivity contribution is 0.000283. The predicted molar refractivity (Wildman–Crippen MR) is 119 cm³/mol. The molecule has 3 aromatic rings. The molecule has 1 aliphatic rings. The smallest absolute Gasteiger partial charge is 0.280 e. The summed E-state index contributed by atoms with van der Waals surface area (Å²) >= 11 is 0. The Morgan fingerprint density at radius 2 is 2.03 bits per heavy atom. The number of anilines is 2. The third-order valence-electron chi connectivity index (χ3n) is 4.53. The van der Waals surface area contributed by atoms with Crippen molar-refractivity contribution in [3.8, 4) is 0 Å². The van der Waals surface area contributed by atoms with Gasteiger partial charge in [0, 0.05) is 31.7 Å². The molecule has 11 heteroatoms. The fourth-order valence-electron chi connectivity index (χ4n) is 3.09. The average Bonchev–Trinajstić information content (AvgIpc) is 3.47. The van der Waals surface area contributed by atoms with Crippen molar-refractivity contribution in [1.29, 1.82) is 0 Å². The van der Waals surface area contributed by atoms with Gasteiger partial charge in [0.1, 0.15) is 17.2 Å². The highest BCUT2D eigenvalue weighted by Crippen LogP contribution is 2.23. The van der Waals surface area contributed by atoms with E-state index in [1.165, 1.54) is 10.7 Å². The van der Waals surface area contributed by atoms with Crippen molar-refractivity contribution in [3.05, 3.63) is 72.1 Å². The molecule has 0 fully saturated rings. The number of hydroxylamine groups is 1. The Morgan fingerprint density at radius 1 is 1.25 bits per heavy atom. The first-order valence-electron chi connectivity index (χ1n) is 9.87. The van der Waals surface area contributed by atoms with E-state index in [0.717, 1.165) is 0 Å². The number of nitrogens with one attached hydrogen (secondary N) is 3. The zero-order valence-electron chi connectivity index (χ0n) is 17.7. The van der Waals surface area contributed by atoms with Crippen molar-refractivity contribution in [2.75, 3.05) is 22.7 Å². The minimum absolute atomic E-state index is 0.179. The van der Waals surface area contributed by atoms with Crippen LogP contribution in [-0.2, 0) is 9.63 Å². The van der Waals surface area contributed by atoms with Crippen molar-refractivity contribution in [2.24, 2.45) is 0 Å². The maximum Gasteiger partial charge on any atom is 0.280 e. The first kappa shape index (κ1) is 20.9. The number of aromatic nitrogens is 4. The van der Waals surface area contributed by atoms with Gasteiger partial charge < -0.3 is 10.6 Å². The number of rotatable bonds is 7. The fourth-order valence-corrected chi connectivity index (χ4v) is 3.09.